The van der Waals surface area contributed by atoms with Gasteiger partial charge >= 0.3 is 35.5 Å². The van der Waals surface area contributed by atoms with Crippen molar-refractivity contribution in [3.63, 3.8) is 0 Å². The predicted molar refractivity (Wildman–Crippen MR) is 146 cm³/mol. The minimum Gasteiger partial charge on any atom is -0.549 e. The van der Waals surface area contributed by atoms with Gasteiger partial charge in [-0.3, -0.25) is 14.4 Å². The second kappa shape index (κ2) is 12.2. The zero-order valence-corrected chi connectivity index (χ0v) is 27.6. The summed E-state index contributed by atoms with van der Waals surface area (Å²) in [5.41, 5.74) is -1.55. The molecular formula is C32H43NaO7. The molecule has 3 saturated carbocycles. The van der Waals surface area contributed by atoms with E-state index in [4.69, 9.17) is 4.74 Å². The maximum absolute atomic E-state index is 13.5. The van der Waals surface area contributed by atoms with Gasteiger partial charge in [0.2, 0.25) is 0 Å². The first-order valence-electron chi connectivity index (χ1n) is 13.8. The molecule has 0 radical (unpaired) electrons. The molecule has 0 amide bonds. The summed E-state index contributed by atoms with van der Waals surface area (Å²) >= 11 is 0. The van der Waals surface area contributed by atoms with E-state index in [-0.39, 0.29) is 59.4 Å². The van der Waals surface area contributed by atoms with Crippen molar-refractivity contribution in [3.8, 4) is 0 Å². The number of allylic oxidation sites excluding steroid dienone is 7. The van der Waals surface area contributed by atoms with Gasteiger partial charge in [-0.1, -0.05) is 50.6 Å². The number of carboxylic acid groups (broad SMARTS) is 1. The Bertz CT molecular complexity index is 1190. The van der Waals surface area contributed by atoms with E-state index in [1.807, 2.05) is 13.8 Å². The number of aliphatic carboxylic acids is 1. The van der Waals surface area contributed by atoms with Crippen LogP contribution in [-0.4, -0.2) is 40.3 Å². The van der Waals surface area contributed by atoms with Crippen LogP contribution < -0.4 is 34.7 Å². The van der Waals surface area contributed by atoms with Gasteiger partial charge in [0.1, 0.15) is 6.10 Å². The van der Waals surface area contributed by atoms with Crippen molar-refractivity contribution < 1.29 is 63.7 Å². The molecule has 0 aromatic heterocycles. The average molecular weight is 563 g/mol. The fraction of sp³-hybridized carbons (Fsp3) is 0.625. The van der Waals surface area contributed by atoms with Crippen LogP contribution in [0.25, 0.3) is 0 Å². The molecule has 0 aromatic rings. The number of fused-ring (bicyclic) bond motifs is 3. The molecule has 0 spiro atoms. The van der Waals surface area contributed by atoms with Crippen molar-refractivity contribution in [1.82, 2.24) is 0 Å². The van der Waals surface area contributed by atoms with Crippen LogP contribution in [0.3, 0.4) is 0 Å². The molecule has 0 aromatic carbocycles. The molecule has 7 nitrogen and oxygen atoms in total. The Hall–Kier alpha value is -1.80. The second-order valence-corrected chi connectivity index (χ2v) is 13.0. The van der Waals surface area contributed by atoms with Crippen molar-refractivity contribution in [2.24, 2.45) is 28.1 Å². The van der Waals surface area contributed by atoms with Crippen molar-refractivity contribution >= 4 is 23.5 Å². The Kier molecular flexibility index (Phi) is 10.5. The minimum atomic E-state index is -1.37. The molecule has 1 N–H and O–H groups in total. The maximum Gasteiger partial charge on any atom is 1.00 e. The number of carbonyl (C=O) groups excluding carboxylic acids is 4. The fourth-order valence-electron chi connectivity index (χ4n) is 7.82. The first-order chi connectivity index (χ1) is 17.9. The number of Topliss-reactive ketones (excluding diaryl/α,β-unsaturated/α-hetero) is 1. The molecule has 3 rings (SSSR count). The van der Waals surface area contributed by atoms with Gasteiger partial charge in [0.05, 0.1) is 11.6 Å². The third kappa shape index (κ3) is 6.33. The standard InChI is InChI=1S/C32H44O7.Na/c1-19(10-9-15-29(4,5)38)11-12-22(34)20(2)27-23(35)18-25-30(6)17-14-26(39-21(3)33)32(8,28(36)37)24(30)13-16-31(25,27)7;/h9-12,15,24-26,38H,13-14,16-18H2,1-8H3,(H,36,37);/q;+1/p-1/b12-11+,15-9+,19-10+,27-20+;/t24-,25+,26-,30+,31+,32-;/m1./s1. The first kappa shape index (κ1) is 34.4. The molecule has 0 unspecified atom stereocenters. The monoisotopic (exact) mass is 562 g/mol. The van der Waals surface area contributed by atoms with Crippen LogP contribution in [-0.2, 0) is 23.9 Å². The molecule has 40 heavy (non-hydrogen) atoms. The SMILES string of the molecule is CC(=O)O[C@@H]1CC[C@@]2(C)[C@@H](CC[C@]3(C)/C(=C(\C)C(=O)/C=C/C(C)=C/C=C/C(C)(C)O)C(=O)C[C@@H]23)[C@@]1(C)C(=O)[O-].[Na+]. The Morgan fingerprint density at radius 3 is 2.20 bits per heavy atom. The van der Waals surface area contributed by atoms with Gasteiger partial charge in [0, 0.05) is 35.3 Å². The van der Waals surface area contributed by atoms with E-state index in [0.29, 0.717) is 36.8 Å². The molecule has 3 aliphatic rings. The number of ketones is 2. The number of rotatable bonds is 7. The van der Waals surface area contributed by atoms with E-state index in [9.17, 15) is 29.4 Å². The van der Waals surface area contributed by atoms with Crippen LogP contribution in [0.5, 0.6) is 0 Å². The van der Waals surface area contributed by atoms with E-state index in [0.717, 1.165) is 5.57 Å². The molecule has 3 fully saturated rings. The molecule has 8 heteroatoms. The van der Waals surface area contributed by atoms with Crippen molar-refractivity contribution in [3.05, 3.63) is 47.1 Å². The van der Waals surface area contributed by atoms with E-state index >= 15 is 0 Å². The summed E-state index contributed by atoms with van der Waals surface area (Å²) in [6.45, 7) is 13.9. The van der Waals surface area contributed by atoms with E-state index in [2.05, 4.69) is 6.92 Å². The third-order valence-electron chi connectivity index (χ3n) is 9.74. The smallest absolute Gasteiger partial charge is 0.549 e. The van der Waals surface area contributed by atoms with Gasteiger partial charge in [-0.15, -0.1) is 0 Å². The summed E-state index contributed by atoms with van der Waals surface area (Å²) < 4.78 is 5.49. The zero-order chi connectivity index (χ0) is 29.6. The molecular weight excluding hydrogens is 519 g/mol. The number of aliphatic hydroxyl groups is 1. The van der Waals surface area contributed by atoms with Crippen LogP contribution >= 0.6 is 0 Å². The summed E-state index contributed by atoms with van der Waals surface area (Å²) in [7, 11) is 0. The largest absolute Gasteiger partial charge is 1.00 e. The summed E-state index contributed by atoms with van der Waals surface area (Å²) in [5.74, 6) is -2.50. The second-order valence-electron chi connectivity index (χ2n) is 13.0. The third-order valence-corrected chi connectivity index (χ3v) is 9.74. The minimum absolute atomic E-state index is 0. The van der Waals surface area contributed by atoms with E-state index < -0.39 is 39.9 Å². The molecule has 0 heterocycles. The predicted octanol–water partition coefficient (Wildman–Crippen LogP) is 1.20. The summed E-state index contributed by atoms with van der Waals surface area (Å²) in [6, 6.07) is 0. The molecule has 0 bridgehead atoms. The number of carbonyl (C=O) groups is 4. The van der Waals surface area contributed by atoms with E-state index in [1.54, 1.807) is 52.0 Å². The van der Waals surface area contributed by atoms with E-state index in [1.165, 1.54) is 13.0 Å². The summed E-state index contributed by atoms with van der Waals surface area (Å²) in [4.78, 5) is 51.0. The van der Waals surface area contributed by atoms with Gasteiger partial charge < -0.3 is 19.7 Å². The number of carboxylic acids is 1. The molecule has 0 saturated heterocycles. The summed E-state index contributed by atoms with van der Waals surface area (Å²) in [6.07, 6.45) is 9.91. The maximum atomic E-state index is 13.5. The number of hydrogen-bond acceptors (Lipinski definition) is 7. The summed E-state index contributed by atoms with van der Waals surface area (Å²) in [5, 5.41) is 22.4. The zero-order valence-electron chi connectivity index (χ0n) is 25.6. The van der Waals surface area contributed by atoms with Crippen LogP contribution in [0.2, 0.25) is 0 Å². The van der Waals surface area contributed by atoms with Gasteiger partial charge in [-0.2, -0.15) is 0 Å². The Labute approximate surface area is 260 Å². The van der Waals surface area contributed by atoms with Crippen LogP contribution in [0.15, 0.2) is 47.1 Å². The van der Waals surface area contributed by atoms with Crippen LogP contribution in [0.1, 0.15) is 87.5 Å². The van der Waals surface area contributed by atoms with Crippen LogP contribution in [0, 0.1) is 28.1 Å². The number of hydrogen-bond donors (Lipinski definition) is 1. The Balaban J connectivity index is 0.00000560. The number of esters is 1. The van der Waals surface area contributed by atoms with Crippen LogP contribution in [0.4, 0.5) is 0 Å². The molecule has 214 valence electrons. The molecule has 3 aliphatic carbocycles. The topological polar surface area (TPSA) is 121 Å². The number of ether oxygens (including phenoxy) is 1. The Morgan fingerprint density at radius 1 is 1.02 bits per heavy atom. The fourth-order valence-corrected chi connectivity index (χ4v) is 7.82. The average Bonchev–Trinajstić information content (AvgIpc) is 3.09. The molecule has 0 aliphatic heterocycles. The van der Waals surface area contributed by atoms with Gasteiger partial charge in [-0.25, -0.2) is 0 Å². The van der Waals surface area contributed by atoms with Crippen molar-refractivity contribution in [2.45, 2.75) is 99.2 Å². The quantitative estimate of drug-likeness (QED) is 0.214. The first-order valence-corrected chi connectivity index (χ1v) is 13.8. The molecule has 6 atom stereocenters. The van der Waals surface area contributed by atoms with Crippen molar-refractivity contribution in [1.29, 1.82) is 0 Å². The Morgan fingerprint density at radius 2 is 1.65 bits per heavy atom. The van der Waals surface area contributed by atoms with Gasteiger partial charge in [0.15, 0.2) is 11.6 Å². The van der Waals surface area contributed by atoms with Gasteiger partial charge in [0.25, 0.3) is 0 Å². The normalized spacial score (nSPS) is 35.7. The van der Waals surface area contributed by atoms with Gasteiger partial charge in [-0.05, 0) is 76.7 Å². The van der Waals surface area contributed by atoms with Crippen molar-refractivity contribution in [2.75, 3.05) is 0 Å².